The van der Waals surface area contributed by atoms with Crippen LogP contribution in [0.5, 0.6) is 11.5 Å². The highest BCUT2D eigenvalue weighted by atomic mass is 16.5. The molecule has 2 aromatic carbocycles. The summed E-state index contributed by atoms with van der Waals surface area (Å²) in [7, 11) is 3.16. The molecule has 0 aromatic heterocycles. The van der Waals surface area contributed by atoms with E-state index in [0.717, 1.165) is 22.6 Å². The zero-order valence-corrected chi connectivity index (χ0v) is 15.9. The number of methoxy groups -OCH3 is 2. The monoisotopic (exact) mass is 390 g/mol. The van der Waals surface area contributed by atoms with Crippen molar-refractivity contribution in [3.8, 4) is 11.5 Å². The number of rotatable bonds is 8. The van der Waals surface area contributed by atoms with Crippen LogP contribution in [-0.2, 0) is 22.4 Å². The van der Waals surface area contributed by atoms with Crippen molar-refractivity contribution in [2.24, 2.45) is 11.5 Å². The van der Waals surface area contributed by atoms with Gasteiger partial charge in [0.2, 0.25) is 0 Å². The highest BCUT2D eigenvalue weighted by Gasteiger charge is 2.12. The largest absolute Gasteiger partial charge is 0.497 e. The van der Waals surface area contributed by atoms with Gasteiger partial charge in [0.15, 0.2) is 0 Å². The van der Waals surface area contributed by atoms with Crippen molar-refractivity contribution in [1.29, 1.82) is 0 Å². The van der Waals surface area contributed by atoms with Crippen LogP contribution in [0.1, 0.15) is 11.1 Å². The molecule has 0 aliphatic heterocycles. The molecule has 2 rings (SSSR count). The van der Waals surface area contributed by atoms with Crippen LogP contribution in [-0.4, -0.2) is 48.5 Å². The molecule has 8 nitrogen and oxygen atoms in total. The first-order chi connectivity index (χ1) is 13.3. The summed E-state index contributed by atoms with van der Waals surface area (Å²) in [5.74, 6) is -0.475. The fraction of sp³-hybridized carbons (Fsp3) is 0.300. The first kappa shape index (κ1) is 22.9. The summed E-state index contributed by atoms with van der Waals surface area (Å²) in [6, 6.07) is 12.7. The van der Waals surface area contributed by atoms with Crippen molar-refractivity contribution in [2.45, 2.75) is 24.9 Å². The lowest BCUT2D eigenvalue weighted by molar-refractivity contribution is -0.139. The number of benzene rings is 2. The van der Waals surface area contributed by atoms with Crippen LogP contribution in [0.2, 0.25) is 0 Å². The van der Waals surface area contributed by atoms with Gasteiger partial charge >= 0.3 is 11.9 Å². The van der Waals surface area contributed by atoms with E-state index >= 15 is 0 Å². The Balaban J connectivity index is 0.000000280. The SMILES string of the molecule is COc1ccc(CC(N)C(=O)O)cc1.COc1ccc(C[C@H](N)C(=O)O)cc1. The fourth-order valence-electron chi connectivity index (χ4n) is 2.21. The second-order valence-electron chi connectivity index (χ2n) is 5.99. The summed E-state index contributed by atoms with van der Waals surface area (Å²) in [5.41, 5.74) is 12.6. The van der Waals surface area contributed by atoms with Crippen molar-refractivity contribution in [1.82, 2.24) is 0 Å². The molecular formula is C20H26N2O6. The standard InChI is InChI=1S/2C10H13NO3/c2*1-14-8-4-2-7(3-5-8)6-9(11)10(12)13/h2*2-5,9H,6,11H2,1H3,(H,12,13)/t9-;/m0./s1. The third kappa shape index (κ3) is 8.07. The maximum absolute atomic E-state index is 10.5. The Morgan fingerprint density at radius 3 is 1.25 bits per heavy atom. The van der Waals surface area contributed by atoms with Crippen LogP contribution in [0.25, 0.3) is 0 Å². The molecule has 0 saturated carbocycles. The Kier molecular flexibility index (Phi) is 9.49. The first-order valence-corrected chi connectivity index (χ1v) is 8.49. The minimum atomic E-state index is -0.985. The van der Waals surface area contributed by atoms with Gasteiger partial charge in [0.1, 0.15) is 23.6 Å². The van der Waals surface area contributed by atoms with E-state index in [0.29, 0.717) is 12.8 Å². The predicted molar refractivity (Wildman–Crippen MR) is 105 cm³/mol. The molecule has 0 spiro atoms. The van der Waals surface area contributed by atoms with Crippen LogP contribution in [0.4, 0.5) is 0 Å². The predicted octanol–water partition coefficient (Wildman–Crippen LogP) is 1.30. The van der Waals surface area contributed by atoms with Gasteiger partial charge in [0, 0.05) is 0 Å². The summed E-state index contributed by atoms with van der Waals surface area (Å²) < 4.78 is 9.95. The van der Waals surface area contributed by atoms with Gasteiger partial charge in [-0.3, -0.25) is 9.59 Å². The molecular weight excluding hydrogens is 364 g/mol. The molecule has 0 saturated heterocycles. The van der Waals surface area contributed by atoms with Gasteiger partial charge in [-0.1, -0.05) is 24.3 Å². The lowest BCUT2D eigenvalue weighted by Crippen LogP contribution is -2.32. The van der Waals surface area contributed by atoms with Gasteiger partial charge in [-0.2, -0.15) is 0 Å². The summed E-state index contributed by atoms with van der Waals surface area (Å²) in [6.45, 7) is 0. The highest BCUT2D eigenvalue weighted by molar-refractivity contribution is 5.73. The van der Waals surface area contributed by atoms with E-state index in [1.807, 2.05) is 24.3 Å². The molecule has 2 aromatic rings. The van der Waals surface area contributed by atoms with E-state index in [-0.39, 0.29) is 0 Å². The molecule has 0 aliphatic carbocycles. The normalized spacial score (nSPS) is 12.1. The van der Waals surface area contributed by atoms with Crippen molar-refractivity contribution >= 4 is 11.9 Å². The number of carboxylic acid groups (broad SMARTS) is 2. The van der Waals surface area contributed by atoms with Crippen LogP contribution >= 0.6 is 0 Å². The Labute approximate surface area is 163 Å². The van der Waals surface area contributed by atoms with Crippen LogP contribution < -0.4 is 20.9 Å². The number of carboxylic acids is 2. The zero-order valence-electron chi connectivity index (χ0n) is 15.9. The Morgan fingerprint density at radius 2 is 1.04 bits per heavy atom. The van der Waals surface area contributed by atoms with E-state index in [4.69, 9.17) is 31.2 Å². The first-order valence-electron chi connectivity index (χ1n) is 8.49. The average Bonchev–Trinajstić information content (AvgIpc) is 2.69. The molecule has 0 bridgehead atoms. The number of hydrogen-bond acceptors (Lipinski definition) is 6. The van der Waals surface area contributed by atoms with Gasteiger partial charge in [-0.15, -0.1) is 0 Å². The summed E-state index contributed by atoms with van der Waals surface area (Å²) >= 11 is 0. The van der Waals surface area contributed by atoms with Gasteiger partial charge in [0.05, 0.1) is 14.2 Å². The van der Waals surface area contributed by atoms with E-state index in [9.17, 15) is 9.59 Å². The molecule has 8 heteroatoms. The van der Waals surface area contributed by atoms with Gasteiger partial charge in [0.25, 0.3) is 0 Å². The minimum Gasteiger partial charge on any atom is -0.497 e. The van der Waals surface area contributed by atoms with Gasteiger partial charge in [-0.25, -0.2) is 0 Å². The third-order valence-electron chi connectivity index (χ3n) is 3.86. The molecule has 0 fully saturated rings. The lowest BCUT2D eigenvalue weighted by atomic mass is 10.1. The maximum atomic E-state index is 10.5. The number of ether oxygens (including phenoxy) is 2. The molecule has 6 N–H and O–H groups in total. The van der Waals surface area contributed by atoms with Crippen LogP contribution in [0, 0.1) is 0 Å². The minimum absolute atomic E-state index is 0.333. The smallest absolute Gasteiger partial charge is 0.320 e. The zero-order chi connectivity index (χ0) is 21.1. The van der Waals surface area contributed by atoms with Crippen molar-refractivity contribution in [3.63, 3.8) is 0 Å². The van der Waals surface area contributed by atoms with E-state index < -0.39 is 24.0 Å². The lowest BCUT2D eigenvalue weighted by Gasteiger charge is -2.06. The Hall–Kier alpha value is -3.10. The van der Waals surface area contributed by atoms with Gasteiger partial charge < -0.3 is 31.2 Å². The molecule has 2 atom stereocenters. The topological polar surface area (TPSA) is 145 Å². The number of aliphatic carboxylic acids is 2. The molecule has 0 aliphatic rings. The van der Waals surface area contributed by atoms with Crippen molar-refractivity contribution in [2.75, 3.05) is 14.2 Å². The molecule has 0 heterocycles. The second kappa shape index (κ2) is 11.6. The Morgan fingerprint density at radius 1 is 0.750 bits per heavy atom. The molecule has 28 heavy (non-hydrogen) atoms. The van der Waals surface area contributed by atoms with E-state index in [2.05, 4.69) is 0 Å². The number of hydrogen-bond donors (Lipinski definition) is 4. The van der Waals surface area contributed by atoms with E-state index in [1.165, 1.54) is 0 Å². The maximum Gasteiger partial charge on any atom is 0.320 e. The van der Waals surface area contributed by atoms with Crippen molar-refractivity contribution < 1.29 is 29.3 Å². The van der Waals surface area contributed by atoms with Gasteiger partial charge in [-0.05, 0) is 48.2 Å². The second-order valence-corrected chi connectivity index (χ2v) is 5.99. The van der Waals surface area contributed by atoms with Crippen LogP contribution in [0.3, 0.4) is 0 Å². The number of nitrogens with two attached hydrogens (primary N) is 2. The molecule has 0 amide bonds. The summed E-state index contributed by atoms with van der Waals surface area (Å²) in [5, 5.41) is 17.2. The van der Waals surface area contributed by atoms with E-state index in [1.54, 1.807) is 38.5 Å². The summed E-state index contributed by atoms with van der Waals surface area (Å²) in [4.78, 5) is 21.0. The third-order valence-corrected chi connectivity index (χ3v) is 3.86. The fourth-order valence-corrected chi connectivity index (χ4v) is 2.21. The molecule has 152 valence electrons. The van der Waals surface area contributed by atoms with Crippen LogP contribution in [0.15, 0.2) is 48.5 Å². The molecule has 1 unspecified atom stereocenters. The quantitative estimate of drug-likeness (QED) is 0.528. The summed E-state index contributed by atoms with van der Waals surface area (Å²) in [6.07, 6.45) is 0.665. The van der Waals surface area contributed by atoms with Crippen molar-refractivity contribution in [3.05, 3.63) is 59.7 Å². The highest BCUT2D eigenvalue weighted by Crippen LogP contribution is 2.13. The number of carbonyl (C=O) groups is 2. The average molecular weight is 390 g/mol. The Bertz CT molecular complexity index is 681. The molecule has 0 radical (unpaired) electrons.